The van der Waals surface area contributed by atoms with Gasteiger partial charge in [0.2, 0.25) is 23.6 Å². The van der Waals surface area contributed by atoms with Crippen LogP contribution in [-0.2, 0) is 24.6 Å². The lowest BCUT2D eigenvalue weighted by Gasteiger charge is -2.51. The summed E-state index contributed by atoms with van der Waals surface area (Å²) in [5, 5.41) is 16.2. The highest BCUT2D eigenvalue weighted by Crippen LogP contribution is 2.65. The molecule has 1 saturated carbocycles. The van der Waals surface area contributed by atoms with Crippen LogP contribution in [0.3, 0.4) is 0 Å². The third-order valence-corrected chi connectivity index (χ3v) is 12.8. The minimum atomic E-state index is -1.43. The van der Waals surface area contributed by atoms with Gasteiger partial charge >= 0.3 is 0 Å². The minimum absolute atomic E-state index is 0.0938. The SMILES string of the molecule is O=C1[C@H]2[C@H](CC=C3[C@H]2C[C@H]2C(=O)N(c4cccc(Cl)c4)C(=O)[C@@]2(c2ccccc2)[C@H]3c2ccc(O)c3ccccc23)C(=O)N1c1ccc(Nc2ccccc2)cc1. The standard InChI is InChI=1S/C48H36ClN3O5/c49-29-12-9-15-33(26-29)52-45(55)40-27-39-37(22-23-38-42(39)46(56)51(44(38)54)32-20-18-31(19-21-32)50-30-13-5-2-6-14-30)43(48(40,47(52)57)28-10-3-1-4-11-28)36-24-25-41(53)35-17-8-7-16-34(35)36/h1-22,24-26,38-40,42-43,50,53H,23,27H2/t38-,39+,40-,42-,43-,48+/m0/s1. The Hall–Kier alpha value is -6.51. The molecule has 3 fully saturated rings. The van der Waals surface area contributed by atoms with E-state index >= 15 is 9.59 Å². The number of nitrogens with zero attached hydrogens (tertiary/aromatic N) is 2. The molecule has 280 valence electrons. The fraction of sp³-hybridized carbons (Fsp3) is 0.167. The third kappa shape index (κ3) is 5.20. The monoisotopic (exact) mass is 769 g/mol. The van der Waals surface area contributed by atoms with Gasteiger partial charge < -0.3 is 10.4 Å². The van der Waals surface area contributed by atoms with E-state index in [-0.39, 0.29) is 35.8 Å². The van der Waals surface area contributed by atoms with Gasteiger partial charge in [0.1, 0.15) is 5.75 Å². The molecule has 0 spiro atoms. The number of rotatable bonds is 6. The molecule has 6 aromatic rings. The van der Waals surface area contributed by atoms with Gasteiger partial charge in [0.15, 0.2) is 0 Å². The number of phenols is 1. The van der Waals surface area contributed by atoms with E-state index in [0.717, 1.165) is 27.9 Å². The molecule has 6 atom stereocenters. The van der Waals surface area contributed by atoms with Crippen LogP contribution < -0.4 is 15.1 Å². The van der Waals surface area contributed by atoms with E-state index < -0.39 is 35.0 Å². The molecule has 0 unspecified atom stereocenters. The Morgan fingerprint density at radius 2 is 1.32 bits per heavy atom. The van der Waals surface area contributed by atoms with Crippen LogP contribution in [0.2, 0.25) is 5.02 Å². The highest BCUT2D eigenvalue weighted by Gasteiger charge is 2.70. The molecule has 6 aromatic carbocycles. The van der Waals surface area contributed by atoms with Gasteiger partial charge in [0.05, 0.1) is 34.5 Å². The Labute approximate surface area is 334 Å². The summed E-state index contributed by atoms with van der Waals surface area (Å²) in [6, 6.07) is 44.2. The summed E-state index contributed by atoms with van der Waals surface area (Å²) >= 11 is 6.47. The number of carbonyl (C=O) groups excluding carboxylic acids is 4. The van der Waals surface area contributed by atoms with Crippen molar-refractivity contribution in [3.05, 3.63) is 173 Å². The number of hydrogen-bond acceptors (Lipinski definition) is 6. The summed E-state index contributed by atoms with van der Waals surface area (Å²) in [7, 11) is 0. The fourth-order valence-corrected chi connectivity index (χ4v) is 10.5. The molecule has 8 nitrogen and oxygen atoms in total. The lowest BCUT2D eigenvalue weighted by Crippen LogP contribution is -2.53. The fourth-order valence-electron chi connectivity index (χ4n) is 10.3. The summed E-state index contributed by atoms with van der Waals surface area (Å²) < 4.78 is 0. The number of amides is 4. The Morgan fingerprint density at radius 1 is 0.632 bits per heavy atom. The molecule has 2 aliphatic heterocycles. The van der Waals surface area contributed by atoms with Crippen LogP contribution in [0, 0.1) is 23.7 Å². The molecule has 0 bridgehead atoms. The van der Waals surface area contributed by atoms with Crippen LogP contribution in [-0.4, -0.2) is 28.7 Å². The lowest BCUT2D eigenvalue weighted by molar-refractivity contribution is -0.127. The summed E-state index contributed by atoms with van der Waals surface area (Å²) in [5.41, 5.74) is 3.44. The number of anilines is 4. The van der Waals surface area contributed by atoms with Crippen LogP contribution in [0.4, 0.5) is 22.7 Å². The maximum absolute atomic E-state index is 15.6. The number of benzene rings is 6. The van der Waals surface area contributed by atoms with E-state index in [4.69, 9.17) is 11.6 Å². The second-order valence-electron chi connectivity index (χ2n) is 15.4. The van der Waals surface area contributed by atoms with E-state index in [1.54, 1.807) is 42.5 Å². The van der Waals surface area contributed by atoms with Crippen LogP contribution in [0.5, 0.6) is 5.75 Å². The molecule has 57 heavy (non-hydrogen) atoms. The molecule has 2 saturated heterocycles. The molecular weight excluding hydrogens is 734 g/mol. The average Bonchev–Trinajstić information content (AvgIpc) is 3.63. The van der Waals surface area contributed by atoms with Crippen molar-refractivity contribution >= 4 is 68.8 Å². The topological polar surface area (TPSA) is 107 Å². The van der Waals surface area contributed by atoms with Gasteiger partial charge in [-0.2, -0.15) is 0 Å². The van der Waals surface area contributed by atoms with Gasteiger partial charge in [-0.25, -0.2) is 4.90 Å². The third-order valence-electron chi connectivity index (χ3n) is 12.6. The number of fused-ring (bicyclic) bond motifs is 5. The molecule has 2 heterocycles. The van der Waals surface area contributed by atoms with E-state index in [0.29, 0.717) is 33.8 Å². The number of para-hydroxylation sites is 1. The van der Waals surface area contributed by atoms with Crippen molar-refractivity contribution in [3.8, 4) is 5.75 Å². The number of phenolic OH excluding ortho intramolecular Hbond substituents is 1. The largest absolute Gasteiger partial charge is 0.507 e. The van der Waals surface area contributed by atoms with E-state index in [1.165, 1.54) is 9.80 Å². The van der Waals surface area contributed by atoms with E-state index in [1.807, 2.05) is 103 Å². The Kier molecular flexibility index (Phi) is 8.16. The quantitative estimate of drug-likeness (QED) is 0.129. The first-order valence-corrected chi connectivity index (χ1v) is 19.5. The number of halogens is 1. The van der Waals surface area contributed by atoms with Crippen LogP contribution >= 0.6 is 11.6 Å². The molecule has 9 heteroatoms. The molecular formula is C48H36ClN3O5. The van der Waals surface area contributed by atoms with Crippen LogP contribution in [0.1, 0.15) is 29.9 Å². The van der Waals surface area contributed by atoms with Crippen molar-refractivity contribution in [2.24, 2.45) is 23.7 Å². The molecule has 0 aromatic heterocycles. The number of hydrogen-bond donors (Lipinski definition) is 2. The van der Waals surface area contributed by atoms with Crippen molar-refractivity contribution < 1.29 is 24.3 Å². The lowest BCUT2D eigenvalue weighted by atomic mass is 9.49. The first-order chi connectivity index (χ1) is 27.8. The molecule has 0 radical (unpaired) electrons. The summed E-state index contributed by atoms with van der Waals surface area (Å²) in [4.78, 5) is 62.5. The Morgan fingerprint density at radius 3 is 2.05 bits per heavy atom. The first kappa shape index (κ1) is 34.9. The number of imide groups is 2. The predicted octanol–water partition coefficient (Wildman–Crippen LogP) is 9.31. The summed E-state index contributed by atoms with van der Waals surface area (Å²) in [6.45, 7) is 0. The zero-order chi connectivity index (χ0) is 39.0. The van der Waals surface area contributed by atoms with E-state index in [2.05, 4.69) is 11.4 Å². The van der Waals surface area contributed by atoms with Crippen molar-refractivity contribution in [1.82, 2.24) is 0 Å². The van der Waals surface area contributed by atoms with Crippen molar-refractivity contribution in [2.45, 2.75) is 24.2 Å². The zero-order valence-corrected chi connectivity index (χ0v) is 31.3. The van der Waals surface area contributed by atoms with Crippen molar-refractivity contribution in [3.63, 3.8) is 0 Å². The maximum Gasteiger partial charge on any atom is 0.246 e. The average molecular weight is 770 g/mol. The smallest absolute Gasteiger partial charge is 0.246 e. The Bertz CT molecular complexity index is 2660. The molecule has 4 amide bonds. The number of aromatic hydroxyl groups is 1. The highest BCUT2D eigenvalue weighted by molar-refractivity contribution is 6.32. The Balaban J connectivity index is 1.13. The molecule has 2 aliphatic carbocycles. The van der Waals surface area contributed by atoms with Gasteiger partial charge in [-0.05, 0) is 95.9 Å². The number of allylic oxidation sites excluding steroid dienone is 2. The summed E-state index contributed by atoms with van der Waals surface area (Å²) in [6.07, 6.45) is 2.54. The van der Waals surface area contributed by atoms with E-state index in [9.17, 15) is 14.7 Å². The van der Waals surface area contributed by atoms with Crippen molar-refractivity contribution in [2.75, 3.05) is 15.1 Å². The first-order valence-electron chi connectivity index (χ1n) is 19.2. The normalized spacial score (nSPS) is 25.3. The second kappa shape index (κ2) is 13.3. The molecule has 10 rings (SSSR count). The van der Waals surface area contributed by atoms with Crippen LogP contribution in [0.25, 0.3) is 10.8 Å². The number of carbonyl (C=O) groups is 4. The second-order valence-corrected chi connectivity index (χ2v) is 15.8. The predicted molar refractivity (Wildman–Crippen MR) is 220 cm³/mol. The van der Waals surface area contributed by atoms with Crippen molar-refractivity contribution in [1.29, 1.82) is 0 Å². The van der Waals surface area contributed by atoms with Gasteiger partial charge in [0.25, 0.3) is 0 Å². The molecule has 4 aliphatic rings. The molecule has 2 N–H and O–H groups in total. The number of nitrogens with one attached hydrogen (secondary N) is 1. The zero-order valence-electron chi connectivity index (χ0n) is 30.6. The highest BCUT2D eigenvalue weighted by atomic mass is 35.5. The van der Waals surface area contributed by atoms with Gasteiger partial charge in [-0.1, -0.05) is 108 Å². The van der Waals surface area contributed by atoms with Gasteiger partial charge in [-0.3, -0.25) is 24.1 Å². The van der Waals surface area contributed by atoms with Gasteiger partial charge in [0, 0.05) is 27.7 Å². The summed E-state index contributed by atoms with van der Waals surface area (Å²) in [5.74, 6) is -4.78. The minimum Gasteiger partial charge on any atom is -0.507 e. The van der Waals surface area contributed by atoms with Crippen LogP contribution in [0.15, 0.2) is 157 Å². The maximum atomic E-state index is 15.6. The van der Waals surface area contributed by atoms with Gasteiger partial charge in [-0.15, -0.1) is 0 Å².